The molecular weight excluding hydrogens is 428 g/mol. The largest absolute Gasteiger partial charge is 0.205 e. The van der Waals surface area contributed by atoms with Crippen LogP contribution < -0.4 is 18.3 Å². The average Bonchev–Trinajstić information content (AvgIpc) is 2.92. The highest BCUT2D eigenvalue weighted by Crippen LogP contribution is 2.16. The molecule has 4 heteroatoms. The van der Waals surface area contributed by atoms with Crippen LogP contribution in [0.2, 0.25) is 0 Å². The molecule has 0 fully saturated rings. The third kappa shape index (κ3) is 7.29. The summed E-state index contributed by atoms with van der Waals surface area (Å²) >= 11 is 0. The quantitative estimate of drug-likeness (QED) is 0.264. The second-order valence-corrected chi connectivity index (χ2v) is 9.36. The number of rotatable bonds is 12. The topological polar surface area (TPSA) is 15.5 Å². The highest BCUT2D eigenvalue weighted by Gasteiger charge is 2.09. The molecule has 35 heavy (non-hydrogen) atoms. The minimum absolute atomic E-state index is 1.01. The van der Waals surface area contributed by atoms with Gasteiger partial charge in [-0.25, -0.2) is 18.3 Å². The second kappa shape index (κ2) is 12.9. The van der Waals surface area contributed by atoms with E-state index in [2.05, 4.69) is 130 Å². The van der Waals surface area contributed by atoms with Crippen LogP contribution in [-0.2, 0) is 26.2 Å². The van der Waals surface area contributed by atoms with Gasteiger partial charge >= 0.3 is 0 Å². The van der Waals surface area contributed by atoms with E-state index in [1.54, 1.807) is 0 Å². The molecule has 0 saturated heterocycles. The number of nitrogens with zero attached hydrogens (tertiary/aromatic N) is 4. The molecule has 4 nitrogen and oxygen atoms in total. The molecule has 0 atom stereocenters. The molecule has 180 valence electrons. The summed E-state index contributed by atoms with van der Waals surface area (Å²) in [5.74, 6) is 0. The van der Waals surface area contributed by atoms with E-state index in [-0.39, 0.29) is 0 Å². The number of hydrogen-bond donors (Lipinski definition) is 0. The standard InChI is InChI=1S/C31H40N4/c1-3-5-16-32-20-8-28(9-21-32)30-12-24-34(25-13-30)18-7-19-35-26-14-31(15-27-35)29-10-22-33(23-11-29)17-6-4-2/h8-15,20-27H,3-7,16-19H2,1-2H3/q+4. The van der Waals surface area contributed by atoms with Gasteiger partial charge in [0.05, 0.1) is 6.42 Å². The Morgan fingerprint density at radius 2 is 0.600 bits per heavy atom. The maximum atomic E-state index is 2.28. The highest BCUT2D eigenvalue weighted by atomic mass is 15.0. The number of unbranched alkanes of at least 4 members (excludes halogenated alkanes) is 2. The summed E-state index contributed by atoms with van der Waals surface area (Å²) in [6.07, 6.45) is 23.6. The fraction of sp³-hybridized carbons (Fsp3) is 0.355. The third-order valence-corrected chi connectivity index (χ3v) is 6.60. The Morgan fingerprint density at radius 1 is 0.371 bits per heavy atom. The number of aryl methyl sites for hydroxylation is 4. The highest BCUT2D eigenvalue weighted by molar-refractivity contribution is 5.61. The van der Waals surface area contributed by atoms with E-state index >= 15 is 0 Å². The van der Waals surface area contributed by atoms with E-state index in [1.807, 2.05) is 0 Å². The molecule has 0 N–H and O–H groups in total. The first-order valence-electron chi connectivity index (χ1n) is 13.2. The summed E-state index contributed by atoms with van der Waals surface area (Å²) in [5, 5.41) is 0. The van der Waals surface area contributed by atoms with Crippen LogP contribution in [0.3, 0.4) is 0 Å². The van der Waals surface area contributed by atoms with Crippen molar-refractivity contribution in [2.75, 3.05) is 0 Å². The van der Waals surface area contributed by atoms with Crippen LogP contribution in [0.1, 0.15) is 46.0 Å². The van der Waals surface area contributed by atoms with Crippen molar-refractivity contribution in [2.45, 2.75) is 72.1 Å². The van der Waals surface area contributed by atoms with Gasteiger partial charge in [0, 0.05) is 61.4 Å². The third-order valence-electron chi connectivity index (χ3n) is 6.60. The Hall–Kier alpha value is -3.40. The van der Waals surface area contributed by atoms with Crippen molar-refractivity contribution >= 4 is 0 Å². The molecule has 0 spiro atoms. The van der Waals surface area contributed by atoms with E-state index in [4.69, 9.17) is 0 Å². The predicted octanol–water partition coefficient (Wildman–Crippen LogP) is 4.86. The lowest BCUT2D eigenvalue weighted by Gasteiger charge is -2.02. The smallest absolute Gasteiger partial charge is 0.169 e. The summed E-state index contributed by atoms with van der Waals surface area (Å²) in [4.78, 5) is 0. The van der Waals surface area contributed by atoms with Crippen molar-refractivity contribution < 1.29 is 18.3 Å². The molecule has 4 heterocycles. The van der Waals surface area contributed by atoms with Gasteiger partial charge in [-0.15, -0.1) is 0 Å². The molecule has 0 bridgehead atoms. The Labute approximate surface area is 210 Å². The van der Waals surface area contributed by atoms with Crippen LogP contribution >= 0.6 is 0 Å². The van der Waals surface area contributed by atoms with E-state index in [0.717, 1.165) is 32.6 Å². The van der Waals surface area contributed by atoms with Crippen LogP contribution in [0.15, 0.2) is 98.1 Å². The van der Waals surface area contributed by atoms with Gasteiger partial charge in [0.1, 0.15) is 13.1 Å². The van der Waals surface area contributed by atoms with Crippen LogP contribution in [-0.4, -0.2) is 0 Å². The number of pyridine rings is 4. The fourth-order valence-corrected chi connectivity index (χ4v) is 4.31. The van der Waals surface area contributed by atoms with Crippen LogP contribution in [0.5, 0.6) is 0 Å². The molecule has 0 aromatic carbocycles. The maximum absolute atomic E-state index is 2.28. The lowest BCUT2D eigenvalue weighted by molar-refractivity contribution is -0.726. The minimum atomic E-state index is 1.01. The van der Waals surface area contributed by atoms with Crippen molar-refractivity contribution in [1.82, 2.24) is 0 Å². The Kier molecular flexibility index (Phi) is 9.11. The molecule has 0 unspecified atom stereocenters. The zero-order valence-corrected chi connectivity index (χ0v) is 21.4. The second-order valence-electron chi connectivity index (χ2n) is 9.36. The number of aromatic nitrogens is 4. The predicted molar refractivity (Wildman–Crippen MR) is 139 cm³/mol. The van der Waals surface area contributed by atoms with Gasteiger partial charge in [0.15, 0.2) is 62.7 Å². The molecule has 0 aliphatic heterocycles. The van der Waals surface area contributed by atoms with Crippen molar-refractivity contribution in [3.8, 4) is 22.3 Å². The van der Waals surface area contributed by atoms with E-state index in [0.29, 0.717) is 0 Å². The molecule has 0 saturated carbocycles. The van der Waals surface area contributed by atoms with Crippen LogP contribution in [0.25, 0.3) is 22.3 Å². The molecule has 4 aromatic heterocycles. The van der Waals surface area contributed by atoms with Gasteiger partial charge in [0.2, 0.25) is 0 Å². The molecule has 4 aromatic rings. The van der Waals surface area contributed by atoms with Crippen molar-refractivity contribution in [3.05, 3.63) is 98.1 Å². The summed E-state index contributed by atoms with van der Waals surface area (Å²) < 4.78 is 9.09. The fourth-order valence-electron chi connectivity index (χ4n) is 4.31. The van der Waals surface area contributed by atoms with Gasteiger partial charge in [0.25, 0.3) is 0 Å². The summed E-state index contributed by atoms with van der Waals surface area (Å²) in [7, 11) is 0. The van der Waals surface area contributed by atoms with Gasteiger partial charge in [-0.2, -0.15) is 0 Å². The normalized spacial score (nSPS) is 11.0. The SMILES string of the molecule is CCCC[n+]1ccc(-c2cc[n+](CCC[n+]3ccc(-c4cc[n+](CCCC)cc4)cc3)cc2)cc1. The monoisotopic (exact) mass is 468 g/mol. The molecule has 0 aliphatic rings. The molecular formula is C31H40N4+4. The lowest BCUT2D eigenvalue weighted by Crippen LogP contribution is -2.38. The summed E-state index contributed by atoms with van der Waals surface area (Å²) in [6, 6.07) is 17.8. The molecule has 4 rings (SSSR count). The Morgan fingerprint density at radius 3 is 0.829 bits per heavy atom. The lowest BCUT2D eigenvalue weighted by atomic mass is 10.1. The van der Waals surface area contributed by atoms with Crippen LogP contribution in [0.4, 0.5) is 0 Å². The van der Waals surface area contributed by atoms with E-state index in [9.17, 15) is 0 Å². The molecule has 0 aliphatic carbocycles. The number of hydrogen-bond acceptors (Lipinski definition) is 0. The van der Waals surface area contributed by atoms with Crippen molar-refractivity contribution in [2.24, 2.45) is 0 Å². The van der Waals surface area contributed by atoms with Gasteiger partial charge in [-0.3, -0.25) is 0 Å². The Balaban J connectivity index is 1.26. The van der Waals surface area contributed by atoms with Gasteiger partial charge in [-0.05, 0) is 22.3 Å². The summed E-state index contributed by atoms with van der Waals surface area (Å²) in [6.45, 7) is 8.68. The molecule has 0 radical (unpaired) electrons. The van der Waals surface area contributed by atoms with E-state index in [1.165, 1.54) is 47.9 Å². The van der Waals surface area contributed by atoms with E-state index < -0.39 is 0 Å². The van der Waals surface area contributed by atoms with Gasteiger partial charge < -0.3 is 0 Å². The minimum Gasteiger partial charge on any atom is -0.205 e. The van der Waals surface area contributed by atoms with Crippen molar-refractivity contribution in [3.63, 3.8) is 0 Å². The Bertz CT molecular complexity index is 1050. The summed E-state index contributed by atoms with van der Waals surface area (Å²) in [5.41, 5.74) is 5.08. The van der Waals surface area contributed by atoms with Crippen molar-refractivity contribution in [1.29, 1.82) is 0 Å². The molecule has 0 amide bonds. The first-order chi connectivity index (χ1) is 17.2. The first kappa shape index (κ1) is 24.7. The van der Waals surface area contributed by atoms with Crippen LogP contribution in [0, 0.1) is 0 Å². The average molecular weight is 469 g/mol. The first-order valence-corrected chi connectivity index (χ1v) is 13.2. The van der Waals surface area contributed by atoms with Gasteiger partial charge in [-0.1, -0.05) is 26.7 Å². The zero-order valence-electron chi connectivity index (χ0n) is 21.4. The zero-order chi connectivity index (χ0) is 24.3. The maximum Gasteiger partial charge on any atom is 0.169 e.